The number of nitrogens with zero attached hydrogens (tertiary/aromatic N) is 1. The zero-order valence-electron chi connectivity index (χ0n) is 12.6. The van der Waals surface area contributed by atoms with Crippen molar-refractivity contribution in [3.63, 3.8) is 0 Å². The first-order valence-corrected chi connectivity index (χ1v) is 6.97. The Hall–Kier alpha value is -2.36. The molecule has 2 aromatic rings. The Bertz CT molecular complexity index is 609. The van der Waals surface area contributed by atoms with Gasteiger partial charge < -0.3 is 10.1 Å². The first-order chi connectivity index (χ1) is 10.1. The van der Waals surface area contributed by atoms with E-state index in [9.17, 15) is 4.79 Å². The molecule has 1 aromatic carbocycles. The van der Waals surface area contributed by atoms with Crippen LogP contribution in [0.1, 0.15) is 41.3 Å². The third kappa shape index (κ3) is 3.81. The van der Waals surface area contributed by atoms with Gasteiger partial charge >= 0.3 is 0 Å². The van der Waals surface area contributed by atoms with Crippen LogP contribution in [-0.4, -0.2) is 18.0 Å². The van der Waals surface area contributed by atoms with Crippen molar-refractivity contribution in [3.8, 4) is 5.75 Å². The van der Waals surface area contributed by atoms with Crippen LogP contribution in [0.15, 0.2) is 42.7 Å². The Morgan fingerprint density at radius 3 is 2.57 bits per heavy atom. The number of nitrogens with one attached hydrogen (secondary N) is 1. The predicted octanol–water partition coefficient (Wildman–Crippen LogP) is 3.14. The predicted molar refractivity (Wildman–Crippen MR) is 82.5 cm³/mol. The van der Waals surface area contributed by atoms with Gasteiger partial charge in [0.25, 0.3) is 5.91 Å². The van der Waals surface area contributed by atoms with E-state index in [1.807, 2.05) is 24.3 Å². The molecule has 1 aromatic heterocycles. The second kappa shape index (κ2) is 6.88. The molecule has 2 rings (SSSR count). The van der Waals surface area contributed by atoms with Gasteiger partial charge in [-0.05, 0) is 47.4 Å². The number of benzene rings is 1. The van der Waals surface area contributed by atoms with E-state index in [2.05, 4.69) is 24.1 Å². The Labute approximate surface area is 125 Å². The van der Waals surface area contributed by atoms with Gasteiger partial charge in [-0.2, -0.15) is 0 Å². The SMILES string of the molecule is COc1ccc(C(=O)NCc2ccncc2)cc1C(C)C. The highest BCUT2D eigenvalue weighted by molar-refractivity contribution is 5.94. The summed E-state index contributed by atoms with van der Waals surface area (Å²) in [5, 5.41) is 2.91. The largest absolute Gasteiger partial charge is 0.496 e. The van der Waals surface area contributed by atoms with Gasteiger partial charge in [0.2, 0.25) is 0 Å². The topological polar surface area (TPSA) is 51.2 Å². The number of rotatable bonds is 5. The number of hydrogen-bond acceptors (Lipinski definition) is 3. The highest BCUT2D eigenvalue weighted by atomic mass is 16.5. The van der Waals surface area contributed by atoms with Crippen LogP contribution in [0.25, 0.3) is 0 Å². The Balaban J connectivity index is 2.10. The summed E-state index contributed by atoms with van der Waals surface area (Å²) in [6.07, 6.45) is 3.43. The van der Waals surface area contributed by atoms with Crippen LogP contribution in [0.5, 0.6) is 5.75 Å². The monoisotopic (exact) mass is 284 g/mol. The molecule has 0 bridgehead atoms. The average molecular weight is 284 g/mol. The minimum atomic E-state index is -0.0867. The van der Waals surface area contributed by atoms with Crippen molar-refractivity contribution in [2.45, 2.75) is 26.3 Å². The summed E-state index contributed by atoms with van der Waals surface area (Å²) in [5.41, 5.74) is 2.71. The molecular weight excluding hydrogens is 264 g/mol. The van der Waals surface area contributed by atoms with Gasteiger partial charge in [0.1, 0.15) is 5.75 Å². The van der Waals surface area contributed by atoms with E-state index in [0.29, 0.717) is 18.0 Å². The summed E-state index contributed by atoms with van der Waals surface area (Å²) < 4.78 is 5.33. The third-order valence-corrected chi connectivity index (χ3v) is 3.32. The third-order valence-electron chi connectivity index (χ3n) is 3.32. The summed E-state index contributed by atoms with van der Waals surface area (Å²) in [6, 6.07) is 9.29. The number of carbonyl (C=O) groups is 1. The number of ether oxygens (including phenoxy) is 1. The first kappa shape index (κ1) is 15.0. The summed E-state index contributed by atoms with van der Waals surface area (Å²) in [6.45, 7) is 4.65. The van der Waals surface area contributed by atoms with Crippen LogP contribution >= 0.6 is 0 Å². The number of carbonyl (C=O) groups excluding carboxylic acids is 1. The molecule has 0 atom stereocenters. The minimum absolute atomic E-state index is 0.0867. The molecule has 0 spiro atoms. The van der Waals surface area contributed by atoms with Gasteiger partial charge in [-0.1, -0.05) is 13.8 Å². The van der Waals surface area contributed by atoms with E-state index in [0.717, 1.165) is 16.9 Å². The number of aromatic nitrogens is 1. The summed E-state index contributed by atoms with van der Waals surface area (Å²) in [7, 11) is 1.64. The van der Waals surface area contributed by atoms with Gasteiger partial charge in [-0.25, -0.2) is 0 Å². The molecule has 0 aliphatic carbocycles. The number of hydrogen-bond donors (Lipinski definition) is 1. The van der Waals surface area contributed by atoms with Crippen molar-refractivity contribution in [2.24, 2.45) is 0 Å². The standard InChI is InChI=1S/C17H20N2O2/c1-12(2)15-10-14(4-5-16(15)21-3)17(20)19-11-13-6-8-18-9-7-13/h4-10,12H,11H2,1-3H3,(H,19,20). The van der Waals surface area contributed by atoms with Gasteiger partial charge in [-0.15, -0.1) is 0 Å². The van der Waals surface area contributed by atoms with Gasteiger partial charge in [0.05, 0.1) is 7.11 Å². The fourth-order valence-corrected chi connectivity index (χ4v) is 2.11. The number of pyridine rings is 1. The molecule has 0 fully saturated rings. The number of methoxy groups -OCH3 is 1. The van der Waals surface area contributed by atoms with E-state index in [1.165, 1.54) is 0 Å². The van der Waals surface area contributed by atoms with Crippen LogP contribution in [0, 0.1) is 0 Å². The molecule has 4 heteroatoms. The Morgan fingerprint density at radius 1 is 1.24 bits per heavy atom. The molecule has 1 heterocycles. The summed E-state index contributed by atoms with van der Waals surface area (Å²) >= 11 is 0. The molecule has 1 N–H and O–H groups in total. The summed E-state index contributed by atoms with van der Waals surface area (Å²) in [5.74, 6) is 1.03. The van der Waals surface area contributed by atoms with E-state index in [1.54, 1.807) is 25.6 Å². The Morgan fingerprint density at radius 2 is 1.95 bits per heavy atom. The lowest BCUT2D eigenvalue weighted by Crippen LogP contribution is -2.23. The van der Waals surface area contributed by atoms with Gasteiger partial charge in [-0.3, -0.25) is 9.78 Å². The van der Waals surface area contributed by atoms with E-state index >= 15 is 0 Å². The molecule has 4 nitrogen and oxygen atoms in total. The zero-order valence-corrected chi connectivity index (χ0v) is 12.6. The van der Waals surface area contributed by atoms with Crippen molar-refractivity contribution in [2.75, 3.05) is 7.11 Å². The number of amides is 1. The maximum Gasteiger partial charge on any atom is 0.251 e. The zero-order chi connectivity index (χ0) is 15.2. The minimum Gasteiger partial charge on any atom is -0.496 e. The maximum atomic E-state index is 12.2. The highest BCUT2D eigenvalue weighted by Gasteiger charge is 2.12. The molecule has 0 unspecified atom stereocenters. The van der Waals surface area contributed by atoms with Crippen molar-refractivity contribution < 1.29 is 9.53 Å². The summed E-state index contributed by atoms with van der Waals surface area (Å²) in [4.78, 5) is 16.2. The first-order valence-electron chi connectivity index (χ1n) is 6.97. The van der Waals surface area contributed by atoms with E-state index < -0.39 is 0 Å². The van der Waals surface area contributed by atoms with Crippen LogP contribution in [0.4, 0.5) is 0 Å². The van der Waals surface area contributed by atoms with Crippen LogP contribution in [0.3, 0.4) is 0 Å². The fraction of sp³-hybridized carbons (Fsp3) is 0.294. The lowest BCUT2D eigenvalue weighted by molar-refractivity contribution is 0.0950. The maximum absolute atomic E-state index is 12.2. The molecule has 21 heavy (non-hydrogen) atoms. The van der Waals surface area contributed by atoms with E-state index in [-0.39, 0.29) is 5.91 Å². The molecule has 0 radical (unpaired) electrons. The normalized spacial score (nSPS) is 10.5. The van der Waals surface area contributed by atoms with Crippen molar-refractivity contribution >= 4 is 5.91 Å². The molecule has 110 valence electrons. The van der Waals surface area contributed by atoms with Crippen molar-refractivity contribution in [1.82, 2.24) is 10.3 Å². The van der Waals surface area contributed by atoms with Crippen molar-refractivity contribution in [3.05, 3.63) is 59.4 Å². The quantitative estimate of drug-likeness (QED) is 0.917. The lowest BCUT2D eigenvalue weighted by Gasteiger charge is -2.13. The fourth-order valence-electron chi connectivity index (χ4n) is 2.11. The van der Waals surface area contributed by atoms with Crippen molar-refractivity contribution in [1.29, 1.82) is 0 Å². The Kier molecular flexibility index (Phi) is 4.93. The molecule has 0 saturated heterocycles. The molecule has 0 aliphatic rings. The second-order valence-electron chi connectivity index (χ2n) is 5.15. The van der Waals surface area contributed by atoms with Gasteiger partial charge in [0, 0.05) is 24.5 Å². The van der Waals surface area contributed by atoms with Crippen LogP contribution < -0.4 is 10.1 Å². The highest BCUT2D eigenvalue weighted by Crippen LogP contribution is 2.27. The lowest BCUT2D eigenvalue weighted by atomic mass is 9.99. The second-order valence-corrected chi connectivity index (χ2v) is 5.15. The van der Waals surface area contributed by atoms with Gasteiger partial charge in [0.15, 0.2) is 0 Å². The smallest absolute Gasteiger partial charge is 0.251 e. The van der Waals surface area contributed by atoms with Crippen LogP contribution in [0.2, 0.25) is 0 Å². The van der Waals surface area contributed by atoms with Crippen LogP contribution in [-0.2, 0) is 6.54 Å². The molecular formula is C17H20N2O2. The molecule has 1 amide bonds. The molecule has 0 aliphatic heterocycles. The molecule has 0 saturated carbocycles. The average Bonchev–Trinajstić information content (AvgIpc) is 2.52. The van der Waals surface area contributed by atoms with E-state index in [4.69, 9.17) is 4.74 Å².